The number of carbonyl (C=O) groups excluding carboxylic acids is 1. The number of esters is 1. The van der Waals surface area contributed by atoms with Crippen LogP contribution >= 0.6 is 0 Å². The molecule has 3 rings (SSSR count). The fourth-order valence-corrected chi connectivity index (χ4v) is 2.89. The molecular weight excluding hydrogens is 356 g/mol. The Labute approximate surface area is 163 Å². The second kappa shape index (κ2) is 8.99. The van der Waals surface area contributed by atoms with Gasteiger partial charge in [0.05, 0.1) is 7.11 Å². The molecule has 6 heteroatoms. The minimum absolute atomic E-state index is 0.0691. The second-order valence-corrected chi connectivity index (χ2v) is 6.33. The number of aromatic nitrogens is 2. The maximum absolute atomic E-state index is 12.3. The highest BCUT2D eigenvalue weighted by Crippen LogP contribution is 2.21. The van der Waals surface area contributed by atoms with E-state index in [1.807, 2.05) is 54.6 Å². The molecule has 28 heavy (non-hydrogen) atoms. The Morgan fingerprint density at radius 3 is 2.50 bits per heavy atom. The number of ether oxygens (including phenoxy) is 2. The summed E-state index contributed by atoms with van der Waals surface area (Å²) < 4.78 is 12.0. The van der Waals surface area contributed by atoms with E-state index < -0.39 is 11.5 Å². The predicted octanol–water partition coefficient (Wildman–Crippen LogP) is 2.93. The van der Waals surface area contributed by atoms with Crippen molar-refractivity contribution >= 4 is 5.97 Å². The van der Waals surface area contributed by atoms with E-state index in [0.717, 1.165) is 16.9 Å². The molecule has 0 spiro atoms. The smallest absolute Gasteiger partial charge is 0.345 e. The molecule has 0 amide bonds. The van der Waals surface area contributed by atoms with Crippen LogP contribution in [-0.4, -0.2) is 22.6 Å². The fraction of sp³-hybridized carbons (Fsp3) is 0.227. The van der Waals surface area contributed by atoms with Crippen LogP contribution in [0.1, 0.15) is 27.3 Å². The van der Waals surface area contributed by atoms with E-state index in [2.05, 4.69) is 9.72 Å². The van der Waals surface area contributed by atoms with E-state index in [9.17, 15) is 9.59 Å². The lowest BCUT2D eigenvalue weighted by Gasteiger charge is -2.13. The van der Waals surface area contributed by atoms with Crippen LogP contribution in [0.25, 0.3) is 0 Å². The number of methoxy groups -OCH3 is 1. The number of hydrogen-bond donors (Lipinski definition) is 0. The largest absolute Gasteiger partial charge is 0.489 e. The van der Waals surface area contributed by atoms with Crippen LogP contribution in [0.4, 0.5) is 0 Å². The third kappa shape index (κ3) is 4.46. The molecule has 2 aromatic carbocycles. The number of hydrogen-bond acceptors (Lipinski definition) is 5. The van der Waals surface area contributed by atoms with Crippen LogP contribution in [0.5, 0.6) is 5.75 Å². The first-order valence-electron chi connectivity index (χ1n) is 8.98. The summed E-state index contributed by atoms with van der Waals surface area (Å²) in [6, 6.07) is 17.8. The molecule has 0 saturated heterocycles. The van der Waals surface area contributed by atoms with Crippen molar-refractivity contribution in [3.05, 3.63) is 93.7 Å². The first kappa shape index (κ1) is 19.4. The molecule has 0 aliphatic heterocycles. The standard InChI is InChI=1S/C22H22N2O4/c1-24-20(23-14-18(21(24)25)22(26)27-2)13-12-17-10-6-7-11-19(17)28-15-16-8-4-3-5-9-16/h3-11,14H,12-13,15H2,1-2H3. The second-order valence-electron chi connectivity index (χ2n) is 6.33. The number of aryl methyl sites for hydroxylation is 2. The number of benzene rings is 2. The normalized spacial score (nSPS) is 10.5. The SMILES string of the molecule is COC(=O)c1cnc(CCc2ccccc2OCc2ccccc2)n(C)c1=O. The summed E-state index contributed by atoms with van der Waals surface area (Å²) in [5.41, 5.74) is 1.65. The Bertz CT molecular complexity index is 1010. The summed E-state index contributed by atoms with van der Waals surface area (Å²) in [6.45, 7) is 0.489. The molecule has 0 unspecified atom stereocenters. The Hall–Kier alpha value is -3.41. The summed E-state index contributed by atoms with van der Waals surface area (Å²) in [7, 11) is 2.84. The third-order valence-electron chi connectivity index (χ3n) is 4.50. The van der Waals surface area contributed by atoms with E-state index in [1.54, 1.807) is 7.05 Å². The van der Waals surface area contributed by atoms with Gasteiger partial charge in [-0.05, 0) is 23.6 Å². The first-order chi connectivity index (χ1) is 13.6. The molecule has 0 aliphatic rings. The van der Waals surface area contributed by atoms with Crippen LogP contribution in [0.15, 0.2) is 65.6 Å². The van der Waals surface area contributed by atoms with E-state index in [-0.39, 0.29) is 5.56 Å². The van der Waals surface area contributed by atoms with Crippen LogP contribution in [-0.2, 0) is 31.2 Å². The van der Waals surface area contributed by atoms with Crippen LogP contribution in [0, 0.1) is 0 Å². The molecule has 0 atom stereocenters. The number of nitrogens with zero attached hydrogens (tertiary/aromatic N) is 2. The van der Waals surface area contributed by atoms with Gasteiger partial charge in [0.25, 0.3) is 5.56 Å². The van der Waals surface area contributed by atoms with Crippen molar-refractivity contribution in [2.24, 2.45) is 7.05 Å². The van der Waals surface area contributed by atoms with Gasteiger partial charge in [0.2, 0.25) is 0 Å². The summed E-state index contributed by atoms with van der Waals surface area (Å²) in [5, 5.41) is 0. The molecule has 0 fully saturated rings. The molecule has 0 N–H and O–H groups in total. The van der Waals surface area contributed by atoms with Gasteiger partial charge in [-0.3, -0.25) is 9.36 Å². The van der Waals surface area contributed by atoms with E-state index in [0.29, 0.717) is 25.3 Å². The highest BCUT2D eigenvalue weighted by Gasteiger charge is 2.15. The molecule has 0 bridgehead atoms. The van der Waals surface area contributed by atoms with Crippen molar-refractivity contribution in [3.63, 3.8) is 0 Å². The molecule has 0 radical (unpaired) electrons. The lowest BCUT2D eigenvalue weighted by atomic mass is 10.1. The predicted molar refractivity (Wildman–Crippen MR) is 105 cm³/mol. The van der Waals surface area contributed by atoms with E-state index in [4.69, 9.17) is 4.74 Å². The molecule has 144 valence electrons. The van der Waals surface area contributed by atoms with Crippen LogP contribution in [0.3, 0.4) is 0 Å². The van der Waals surface area contributed by atoms with Crippen molar-refractivity contribution in [1.29, 1.82) is 0 Å². The zero-order chi connectivity index (χ0) is 19.9. The summed E-state index contributed by atoms with van der Waals surface area (Å²) in [4.78, 5) is 28.2. The Balaban J connectivity index is 1.72. The van der Waals surface area contributed by atoms with Crippen molar-refractivity contribution in [1.82, 2.24) is 9.55 Å². The monoisotopic (exact) mass is 378 g/mol. The van der Waals surface area contributed by atoms with Gasteiger partial charge in [-0.1, -0.05) is 48.5 Å². The van der Waals surface area contributed by atoms with Crippen molar-refractivity contribution < 1.29 is 14.3 Å². The van der Waals surface area contributed by atoms with Crippen molar-refractivity contribution in [3.8, 4) is 5.75 Å². The lowest BCUT2D eigenvalue weighted by Crippen LogP contribution is -2.28. The van der Waals surface area contributed by atoms with Crippen molar-refractivity contribution in [2.75, 3.05) is 7.11 Å². The highest BCUT2D eigenvalue weighted by molar-refractivity contribution is 5.88. The average Bonchev–Trinajstić information content (AvgIpc) is 2.74. The Morgan fingerprint density at radius 1 is 1.04 bits per heavy atom. The van der Waals surface area contributed by atoms with Gasteiger partial charge in [0.15, 0.2) is 0 Å². The fourth-order valence-electron chi connectivity index (χ4n) is 2.89. The minimum Gasteiger partial charge on any atom is -0.489 e. The van der Waals surface area contributed by atoms with Gasteiger partial charge in [0, 0.05) is 19.7 Å². The topological polar surface area (TPSA) is 70.4 Å². The van der Waals surface area contributed by atoms with Crippen LogP contribution < -0.4 is 10.3 Å². The quantitative estimate of drug-likeness (QED) is 0.591. The third-order valence-corrected chi connectivity index (χ3v) is 4.50. The van der Waals surface area contributed by atoms with Crippen LogP contribution in [0.2, 0.25) is 0 Å². The van der Waals surface area contributed by atoms with E-state index >= 15 is 0 Å². The Kier molecular flexibility index (Phi) is 6.22. The van der Waals surface area contributed by atoms with Gasteiger partial charge >= 0.3 is 5.97 Å². The summed E-state index contributed by atoms with van der Waals surface area (Å²) >= 11 is 0. The molecule has 1 aromatic heterocycles. The van der Waals surface area contributed by atoms with Gasteiger partial charge < -0.3 is 9.47 Å². The van der Waals surface area contributed by atoms with Gasteiger partial charge in [0.1, 0.15) is 23.7 Å². The maximum Gasteiger partial charge on any atom is 0.345 e. The number of rotatable bonds is 7. The molecule has 1 heterocycles. The number of para-hydroxylation sites is 1. The highest BCUT2D eigenvalue weighted by atomic mass is 16.5. The molecule has 0 aliphatic carbocycles. The van der Waals surface area contributed by atoms with Crippen molar-refractivity contribution in [2.45, 2.75) is 19.4 Å². The Morgan fingerprint density at radius 2 is 1.75 bits per heavy atom. The molecule has 6 nitrogen and oxygen atoms in total. The maximum atomic E-state index is 12.3. The molecular formula is C22H22N2O4. The summed E-state index contributed by atoms with van der Waals surface area (Å²) in [6.07, 6.45) is 2.48. The molecule has 0 saturated carbocycles. The van der Waals surface area contributed by atoms with Gasteiger partial charge in [-0.25, -0.2) is 9.78 Å². The van der Waals surface area contributed by atoms with E-state index in [1.165, 1.54) is 17.9 Å². The zero-order valence-electron chi connectivity index (χ0n) is 15.9. The minimum atomic E-state index is -0.681. The average molecular weight is 378 g/mol. The lowest BCUT2D eigenvalue weighted by molar-refractivity contribution is 0.0597. The molecule has 3 aromatic rings. The number of carbonyl (C=O) groups is 1. The zero-order valence-corrected chi connectivity index (χ0v) is 15.9. The van der Waals surface area contributed by atoms with Gasteiger partial charge in [-0.15, -0.1) is 0 Å². The van der Waals surface area contributed by atoms with Gasteiger partial charge in [-0.2, -0.15) is 0 Å². The first-order valence-corrected chi connectivity index (χ1v) is 8.98. The summed E-state index contributed by atoms with van der Waals surface area (Å²) in [5.74, 6) is 0.720.